The van der Waals surface area contributed by atoms with Crippen molar-refractivity contribution in [1.82, 2.24) is 0 Å². The van der Waals surface area contributed by atoms with Crippen LogP contribution in [0.5, 0.6) is 0 Å². The van der Waals surface area contributed by atoms with Gasteiger partial charge in [0, 0.05) is 12.8 Å². The summed E-state index contributed by atoms with van der Waals surface area (Å²) in [5, 5.41) is 0. The van der Waals surface area contributed by atoms with E-state index in [2.05, 4.69) is 27.7 Å². The highest BCUT2D eigenvalue weighted by Crippen LogP contribution is 2.38. The average Bonchev–Trinajstić information content (AvgIpc) is 3.36. The first-order valence-electron chi connectivity index (χ1n) is 32.6. The van der Waals surface area contributed by atoms with Crippen LogP contribution >= 0.6 is 7.82 Å². The van der Waals surface area contributed by atoms with E-state index in [1.54, 1.807) is 0 Å². The van der Waals surface area contributed by atoms with E-state index in [4.69, 9.17) is 18.5 Å². The second kappa shape index (κ2) is 54.0. The van der Waals surface area contributed by atoms with E-state index in [0.717, 1.165) is 38.5 Å². The minimum absolute atomic E-state index is 0.0252. The van der Waals surface area contributed by atoms with Gasteiger partial charge < -0.3 is 27.9 Å². The Kier molecular flexibility index (Phi) is 53.3. The molecule has 0 bridgehead atoms. The second-order valence-electron chi connectivity index (χ2n) is 24.1. The van der Waals surface area contributed by atoms with Gasteiger partial charge in [-0.25, -0.2) is 0 Å². The van der Waals surface area contributed by atoms with Crippen molar-refractivity contribution in [2.45, 2.75) is 342 Å². The van der Waals surface area contributed by atoms with Gasteiger partial charge in [0.2, 0.25) is 0 Å². The monoisotopic (exact) mass is 1070 g/mol. The van der Waals surface area contributed by atoms with E-state index in [0.29, 0.717) is 29.3 Å². The highest BCUT2D eigenvalue weighted by atomic mass is 31.2. The SMILES string of the molecule is CCCCCCCCCCCCC(CCCCCCCCCCCC)CCC(=O)OCC(COP(=O)([O-])OCC[N+](C)(C)C)OC(=O)CCC(CCCCCCCCCCCC)CCCCCCCCCCCC. The molecule has 0 spiro atoms. The van der Waals surface area contributed by atoms with Crippen LogP contribution in [0.25, 0.3) is 0 Å². The molecule has 0 amide bonds. The number of quaternary nitrogens is 1. The number of hydrogen-bond acceptors (Lipinski definition) is 8. The number of carbonyl (C=O) groups excluding carboxylic acids is 2. The number of phosphoric acid groups is 1. The summed E-state index contributed by atoms with van der Waals surface area (Å²) in [6, 6.07) is 0. The summed E-state index contributed by atoms with van der Waals surface area (Å²) in [5.74, 6) is 0.194. The first-order valence-corrected chi connectivity index (χ1v) is 34.1. The fourth-order valence-corrected chi connectivity index (χ4v) is 11.2. The van der Waals surface area contributed by atoms with Crippen LogP contribution in [0.4, 0.5) is 0 Å². The first-order chi connectivity index (χ1) is 35.9. The van der Waals surface area contributed by atoms with Crippen molar-refractivity contribution in [3.63, 3.8) is 0 Å². The molecular formula is C64H128NO8P. The molecule has 9 nitrogen and oxygen atoms in total. The van der Waals surface area contributed by atoms with E-state index in [-0.39, 0.29) is 25.6 Å². The van der Waals surface area contributed by atoms with Gasteiger partial charge in [-0.1, -0.05) is 310 Å². The molecule has 0 radical (unpaired) electrons. The standard InChI is InChI=1S/C64H128NO8P/c1-8-12-16-20-24-28-32-36-40-44-48-60(49-45-41-37-33-29-25-21-17-13-9-2)52-54-63(66)70-58-62(59-72-74(68,69)71-57-56-65(5,6)7)73-64(67)55-53-61(50-46-42-38-34-30-26-22-18-14-10-3)51-47-43-39-35-31-27-23-19-15-11-4/h60-62H,8-59H2,1-7H3. The van der Waals surface area contributed by atoms with Crippen molar-refractivity contribution < 1.29 is 42.1 Å². The Morgan fingerprint density at radius 2 is 0.676 bits per heavy atom. The van der Waals surface area contributed by atoms with E-state index in [9.17, 15) is 19.0 Å². The lowest BCUT2D eigenvalue weighted by molar-refractivity contribution is -0.870. The maximum absolute atomic E-state index is 13.6. The van der Waals surface area contributed by atoms with Crippen LogP contribution < -0.4 is 4.89 Å². The Labute approximate surface area is 461 Å². The zero-order valence-corrected chi connectivity index (χ0v) is 51.6. The molecule has 0 aliphatic rings. The summed E-state index contributed by atoms with van der Waals surface area (Å²) in [7, 11) is 1.19. The fourth-order valence-electron chi connectivity index (χ4n) is 10.4. The zero-order chi connectivity index (χ0) is 54.5. The van der Waals surface area contributed by atoms with Gasteiger partial charge in [-0.05, 0) is 24.7 Å². The third-order valence-corrected chi connectivity index (χ3v) is 16.5. The molecule has 0 aromatic rings. The smallest absolute Gasteiger partial charge is 0.306 e. The number of unbranched alkanes of at least 4 members (excludes halogenated alkanes) is 36. The van der Waals surface area contributed by atoms with Gasteiger partial charge in [0.15, 0.2) is 6.10 Å². The number of carbonyl (C=O) groups is 2. The largest absolute Gasteiger partial charge is 0.756 e. The van der Waals surface area contributed by atoms with Gasteiger partial charge in [-0.15, -0.1) is 0 Å². The van der Waals surface area contributed by atoms with Crippen molar-refractivity contribution in [2.75, 3.05) is 47.5 Å². The van der Waals surface area contributed by atoms with Crippen molar-refractivity contribution in [3.8, 4) is 0 Å². The molecule has 0 aliphatic carbocycles. The third kappa shape index (κ3) is 54.4. The van der Waals surface area contributed by atoms with Gasteiger partial charge in [-0.2, -0.15) is 0 Å². The number of rotatable bonds is 60. The summed E-state index contributed by atoms with van der Waals surface area (Å²) in [4.78, 5) is 39.8. The Morgan fingerprint density at radius 3 is 0.973 bits per heavy atom. The molecule has 0 N–H and O–H groups in total. The van der Waals surface area contributed by atoms with Crippen LogP contribution in [0.1, 0.15) is 336 Å². The lowest BCUT2D eigenvalue weighted by Crippen LogP contribution is -2.37. The molecular weight excluding hydrogens is 942 g/mol. The number of likely N-dealkylation sites (N-methyl/N-ethyl adjacent to an activating group) is 1. The molecule has 2 unspecified atom stereocenters. The number of ether oxygens (including phenoxy) is 2. The van der Waals surface area contributed by atoms with Crippen LogP contribution in [0, 0.1) is 11.8 Å². The maximum atomic E-state index is 13.6. The second-order valence-corrected chi connectivity index (χ2v) is 25.5. The molecule has 0 saturated heterocycles. The van der Waals surface area contributed by atoms with E-state index >= 15 is 0 Å². The molecule has 0 aromatic carbocycles. The molecule has 2 atom stereocenters. The van der Waals surface area contributed by atoms with Crippen molar-refractivity contribution >= 4 is 19.8 Å². The van der Waals surface area contributed by atoms with Crippen molar-refractivity contribution in [3.05, 3.63) is 0 Å². The molecule has 0 heterocycles. The van der Waals surface area contributed by atoms with Crippen molar-refractivity contribution in [1.29, 1.82) is 0 Å². The number of esters is 2. The van der Waals surface area contributed by atoms with Gasteiger partial charge in [0.1, 0.15) is 19.8 Å². The predicted molar refractivity (Wildman–Crippen MR) is 315 cm³/mol. The van der Waals surface area contributed by atoms with Gasteiger partial charge >= 0.3 is 11.9 Å². The van der Waals surface area contributed by atoms with Crippen LogP contribution in [0.15, 0.2) is 0 Å². The van der Waals surface area contributed by atoms with E-state index in [1.807, 2.05) is 21.1 Å². The zero-order valence-electron chi connectivity index (χ0n) is 50.7. The Morgan fingerprint density at radius 1 is 0.392 bits per heavy atom. The summed E-state index contributed by atoms with van der Waals surface area (Å²) in [6.45, 7) is 8.84. The highest BCUT2D eigenvalue weighted by molar-refractivity contribution is 7.45. The van der Waals surface area contributed by atoms with E-state index < -0.39 is 26.5 Å². The molecule has 0 aliphatic heterocycles. The van der Waals surface area contributed by atoms with Gasteiger partial charge in [0.25, 0.3) is 7.82 Å². The molecule has 0 fully saturated rings. The lowest BCUT2D eigenvalue weighted by atomic mass is 9.90. The van der Waals surface area contributed by atoms with Crippen LogP contribution in [0.3, 0.4) is 0 Å². The van der Waals surface area contributed by atoms with Crippen LogP contribution in [0.2, 0.25) is 0 Å². The summed E-state index contributed by atoms with van der Waals surface area (Å²) in [6.07, 6.45) is 58.0. The van der Waals surface area contributed by atoms with Gasteiger partial charge in [0.05, 0.1) is 27.7 Å². The number of hydrogen-bond donors (Lipinski definition) is 0. The molecule has 0 aromatic heterocycles. The Balaban J connectivity index is 5.52. The molecule has 74 heavy (non-hydrogen) atoms. The molecule has 0 rings (SSSR count). The minimum Gasteiger partial charge on any atom is -0.756 e. The predicted octanol–water partition coefficient (Wildman–Crippen LogP) is 19.7. The van der Waals surface area contributed by atoms with Crippen molar-refractivity contribution in [2.24, 2.45) is 11.8 Å². The highest BCUT2D eigenvalue weighted by Gasteiger charge is 2.23. The lowest BCUT2D eigenvalue weighted by Gasteiger charge is -2.28. The first kappa shape index (κ1) is 73.0. The Bertz CT molecular complexity index is 1200. The minimum atomic E-state index is -4.68. The number of nitrogens with zero attached hydrogens (tertiary/aromatic N) is 1. The number of phosphoric ester groups is 1. The third-order valence-electron chi connectivity index (χ3n) is 15.5. The quantitative estimate of drug-likeness (QED) is 0.0256. The fraction of sp³-hybridized carbons (Fsp3) is 0.969. The summed E-state index contributed by atoms with van der Waals surface area (Å²) >= 11 is 0. The molecule has 0 saturated carbocycles. The Hall–Kier alpha value is -0.990. The molecule has 442 valence electrons. The van der Waals surface area contributed by atoms with Crippen LogP contribution in [-0.4, -0.2) is 70.0 Å². The van der Waals surface area contributed by atoms with Crippen LogP contribution in [-0.2, 0) is 32.7 Å². The maximum Gasteiger partial charge on any atom is 0.306 e. The average molecular weight is 1070 g/mol. The summed E-state index contributed by atoms with van der Waals surface area (Å²) in [5.41, 5.74) is 0. The normalized spacial score (nSPS) is 13.3. The topological polar surface area (TPSA) is 111 Å². The summed E-state index contributed by atoms with van der Waals surface area (Å²) < 4.78 is 35.6. The van der Waals surface area contributed by atoms with Gasteiger partial charge in [-0.3, -0.25) is 14.2 Å². The molecule has 10 heteroatoms. The van der Waals surface area contributed by atoms with E-state index in [1.165, 1.54) is 257 Å².